The Hall–Kier alpha value is -0.163. The second kappa shape index (κ2) is 25.1. The Bertz CT molecular complexity index is 411. The first kappa shape index (κ1) is 35.8. The summed E-state index contributed by atoms with van der Waals surface area (Å²) in [7, 11) is -2.86. The van der Waals surface area contributed by atoms with Crippen molar-refractivity contribution in [2.75, 3.05) is 19.8 Å². The van der Waals surface area contributed by atoms with Gasteiger partial charge in [-0.05, 0) is 42.7 Å². The quantitative estimate of drug-likeness (QED) is 0.0749. The zero-order valence-electron chi connectivity index (χ0n) is 25.6. The zero-order valence-corrected chi connectivity index (χ0v) is 26.6. The van der Waals surface area contributed by atoms with Crippen molar-refractivity contribution in [2.24, 2.45) is 17.8 Å². The van der Waals surface area contributed by atoms with Crippen LogP contribution in [0.1, 0.15) is 157 Å². The summed E-state index contributed by atoms with van der Waals surface area (Å²) in [5, 5.41) is 0. The molecule has 3 atom stereocenters. The van der Waals surface area contributed by atoms with Gasteiger partial charge in [0.2, 0.25) is 0 Å². The highest BCUT2D eigenvalue weighted by Crippen LogP contribution is 2.24. The van der Waals surface area contributed by atoms with Gasteiger partial charge in [-0.15, -0.1) is 0 Å². The molecule has 0 saturated heterocycles. The molecule has 4 heteroatoms. The normalized spacial score (nSPS) is 15.9. The molecule has 0 N–H and O–H groups in total. The Morgan fingerprint density at radius 2 is 0.806 bits per heavy atom. The third kappa shape index (κ3) is 18.1. The van der Waals surface area contributed by atoms with Crippen molar-refractivity contribution >= 4 is 8.80 Å². The van der Waals surface area contributed by atoms with E-state index in [0.29, 0.717) is 0 Å². The van der Waals surface area contributed by atoms with Crippen LogP contribution in [-0.4, -0.2) is 28.6 Å². The van der Waals surface area contributed by atoms with E-state index in [1.165, 1.54) is 96.3 Å². The monoisotopic (exact) mass is 526 g/mol. The van der Waals surface area contributed by atoms with Gasteiger partial charge in [0.25, 0.3) is 0 Å². The van der Waals surface area contributed by atoms with Crippen LogP contribution < -0.4 is 0 Å². The molecule has 0 fully saturated rings. The Kier molecular flexibility index (Phi) is 25.0. The fourth-order valence-electron chi connectivity index (χ4n) is 5.11. The molecule has 0 aromatic rings. The maximum Gasteiger partial charge on any atom is 0.529 e. The molecule has 0 amide bonds. The SMILES string of the molecule is C=C[Si](OCCC(CC)CCCCC)(OCCC(CC)CCCCC)OCCC(CC)CCCCC. The van der Waals surface area contributed by atoms with Crippen LogP contribution in [0.4, 0.5) is 0 Å². The molecule has 0 heterocycles. The lowest BCUT2D eigenvalue weighted by Crippen LogP contribution is -2.45. The van der Waals surface area contributed by atoms with E-state index in [1.807, 2.05) is 5.70 Å². The Balaban J connectivity index is 4.96. The molecule has 0 rings (SSSR count). The molecule has 0 aliphatic carbocycles. The predicted molar refractivity (Wildman–Crippen MR) is 161 cm³/mol. The lowest BCUT2D eigenvalue weighted by molar-refractivity contribution is 0.0575. The molecule has 0 radical (unpaired) electrons. The number of hydrogen-bond acceptors (Lipinski definition) is 3. The summed E-state index contributed by atoms with van der Waals surface area (Å²) in [6.45, 7) is 20.1. The second-order valence-electron chi connectivity index (χ2n) is 11.0. The second-order valence-corrected chi connectivity index (χ2v) is 13.5. The molecular formula is C32H66O3Si. The van der Waals surface area contributed by atoms with Gasteiger partial charge in [0.1, 0.15) is 0 Å². The number of hydrogen-bond donors (Lipinski definition) is 0. The van der Waals surface area contributed by atoms with Gasteiger partial charge in [0.15, 0.2) is 0 Å². The zero-order chi connectivity index (χ0) is 26.9. The number of rotatable bonds is 28. The standard InChI is InChI=1S/C32H66O3Si/c1-8-15-18-21-30(11-4)24-27-33-36(14-7,34-28-25-31(12-5)22-19-16-9-2)35-29-26-32(13-6)23-20-17-10-3/h14,30-32H,7-13,15-29H2,1-6H3. The van der Waals surface area contributed by atoms with E-state index in [9.17, 15) is 0 Å². The third-order valence-electron chi connectivity index (χ3n) is 8.12. The van der Waals surface area contributed by atoms with Crippen molar-refractivity contribution in [1.29, 1.82) is 0 Å². The molecule has 36 heavy (non-hydrogen) atoms. The van der Waals surface area contributed by atoms with Crippen LogP contribution in [-0.2, 0) is 13.3 Å². The lowest BCUT2D eigenvalue weighted by atomic mass is 9.96. The van der Waals surface area contributed by atoms with Gasteiger partial charge in [0, 0.05) is 19.8 Å². The summed E-state index contributed by atoms with van der Waals surface area (Å²) in [6.07, 6.45) is 22.8. The molecule has 216 valence electrons. The van der Waals surface area contributed by atoms with E-state index in [1.54, 1.807) is 0 Å². The molecule has 0 bridgehead atoms. The summed E-state index contributed by atoms with van der Waals surface area (Å²) in [5.74, 6) is 2.21. The fraction of sp³-hybridized carbons (Fsp3) is 0.938. The van der Waals surface area contributed by atoms with Crippen molar-refractivity contribution < 1.29 is 13.3 Å². The van der Waals surface area contributed by atoms with E-state index >= 15 is 0 Å². The van der Waals surface area contributed by atoms with Gasteiger partial charge in [0.05, 0.1) is 0 Å². The van der Waals surface area contributed by atoms with Crippen LogP contribution in [0.3, 0.4) is 0 Å². The van der Waals surface area contributed by atoms with Crippen LogP contribution in [0.25, 0.3) is 0 Å². The first-order chi connectivity index (χ1) is 17.5. The highest BCUT2D eigenvalue weighted by Gasteiger charge is 2.38. The van der Waals surface area contributed by atoms with Crippen molar-refractivity contribution in [2.45, 2.75) is 157 Å². The topological polar surface area (TPSA) is 27.7 Å². The first-order valence-corrected chi connectivity index (χ1v) is 17.9. The average molecular weight is 527 g/mol. The Labute approximate surface area is 228 Å². The van der Waals surface area contributed by atoms with E-state index in [0.717, 1.165) is 56.8 Å². The van der Waals surface area contributed by atoms with Crippen LogP contribution in [0, 0.1) is 17.8 Å². The van der Waals surface area contributed by atoms with Crippen molar-refractivity contribution in [3.63, 3.8) is 0 Å². The van der Waals surface area contributed by atoms with Crippen molar-refractivity contribution in [3.8, 4) is 0 Å². The highest BCUT2D eigenvalue weighted by molar-refractivity contribution is 6.66. The van der Waals surface area contributed by atoms with Crippen LogP contribution in [0.5, 0.6) is 0 Å². The molecule has 3 unspecified atom stereocenters. The molecule has 0 aliphatic heterocycles. The van der Waals surface area contributed by atoms with Gasteiger partial charge in [-0.25, -0.2) is 0 Å². The summed E-state index contributed by atoms with van der Waals surface area (Å²) < 4.78 is 19.6. The minimum absolute atomic E-state index is 0.726. The van der Waals surface area contributed by atoms with Crippen molar-refractivity contribution in [1.82, 2.24) is 0 Å². The largest absolute Gasteiger partial charge is 0.529 e. The summed E-state index contributed by atoms with van der Waals surface area (Å²) in [6, 6.07) is 0. The summed E-state index contributed by atoms with van der Waals surface area (Å²) >= 11 is 0. The lowest BCUT2D eigenvalue weighted by Gasteiger charge is -2.29. The molecule has 0 aliphatic rings. The molecular weight excluding hydrogens is 460 g/mol. The van der Waals surface area contributed by atoms with Gasteiger partial charge in [-0.2, -0.15) is 0 Å². The van der Waals surface area contributed by atoms with Gasteiger partial charge >= 0.3 is 8.80 Å². The molecule has 0 saturated carbocycles. The molecule has 0 aromatic carbocycles. The maximum absolute atomic E-state index is 6.52. The predicted octanol–water partition coefficient (Wildman–Crippen LogP) is 10.7. The Morgan fingerprint density at radius 3 is 1.03 bits per heavy atom. The van der Waals surface area contributed by atoms with E-state index < -0.39 is 8.80 Å². The third-order valence-corrected chi connectivity index (χ3v) is 10.4. The fourth-order valence-corrected chi connectivity index (χ4v) is 6.92. The highest BCUT2D eigenvalue weighted by atomic mass is 28.4. The molecule has 3 nitrogen and oxygen atoms in total. The smallest absolute Gasteiger partial charge is 0.370 e. The molecule has 0 aromatic heterocycles. The van der Waals surface area contributed by atoms with Gasteiger partial charge < -0.3 is 13.3 Å². The minimum Gasteiger partial charge on any atom is -0.370 e. The van der Waals surface area contributed by atoms with E-state index in [2.05, 4.69) is 48.1 Å². The van der Waals surface area contributed by atoms with Crippen molar-refractivity contribution in [3.05, 3.63) is 12.3 Å². The summed E-state index contributed by atoms with van der Waals surface area (Å²) in [5.41, 5.74) is 1.90. The Morgan fingerprint density at radius 1 is 0.500 bits per heavy atom. The van der Waals surface area contributed by atoms with Gasteiger partial charge in [-0.3, -0.25) is 0 Å². The van der Waals surface area contributed by atoms with Crippen LogP contribution >= 0.6 is 0 Å². The van der Waals surface area contributed by atoms with Gasteiger partial charge in [-0.1, -0.05) is 144 Å². The molecule has 0 spiro atoms. The number of unbranched alkanes of at least 4 members (excludes halogenated alkanes) is 6. The first-order valence-electron chi connectivity index (χ1n) is 16.1. The van der Waals surface area contributed by atoms with Crippen LogP contribution in [0.15, 0.2) is 12.3 Å². The minimum atomic E-state index is -2.86. The average Bonchev–Trinajstić information content (AvgIpc) is 2.90. The van der Waals surface area contributed by atoms with E-state index in [4.69, 9.17) is 13.3 Å². The van der Waals surface area contributed by atoms with E-state index in [-0.39, 0.29) is 0 Å². The maximum atomic E-state index is 6.52. The van der Waals surface area contributed by atoms with Crippen LogP contribution in [0.2, 0.25) is 0 Å². The summed E-state index contributed by atoms with van der Waals surface area (Å²) in [4.78, 5) is 0.